The van der Waals surface area contributed by atoms with Gasteiger partial charge >= 0.3 is 0 Å². The lowest BCUT2D eigenvalue weighted by molar-refractivity contribution is -0.121. The first-order chi connectivity index (χ1) is 9.13. The van der Waals surface area contributed by atoms with Gasteiger partial charge in [-0.15, -0.1) is 0 Å². The van der Waals surface area contributed by atoms with Crippen LogP contribution in [0.1, 0.15) is 32.3 Å². The maximum atomic E-state index is 11.7. The highest BCUT2D eigenvalue weighted by atomic mass is 16.5. The quantitative estimate of drug-likeness (QED) is 0.792. The van der Waals surface area contributed by atoms with Crippen molar-refractivity contribution in [3.8, 4) is 0 Å². The van der Waals surface area contributed by atoms with Gasteiger partial charge in [-0.3, -0.25) is 4.79 Å². The van der Waals surface area contributed by atoms with E-state index in [0.29, 0.717) is 6.04 Å². The third-order valence-corrected chi connectivity index (χ3v) is 2.93. The molecule has 1 aliphatic rings. The maximum Gasteiger partial charge on any atom is 0.250 e. The van der Waals surface area contributed by atoms with E-state index in [9.17, 15) is 4.79 Å². The van der Waals surface area contributed by atoms with Gasteiger partial charge < -0.3 is 15.4 Å². The summed E-state index contributed by atoms with van der Waals surface area (Å²) in [5.74, 6) is -0.110. The van der Waals surface area contributed by atoms with Crippen LogP contribution in [0.15, 0.2) is 24.3 Å². The molecule has 104 valence electrons. The lowest BCUT2D eigenvalue weighted by atomic mass is 10.2. The SMILES string of the molecule is CC(C)OCC(=O)Nc1cccc(CNC2CC2)c1. The Hall–Kier alpha value is -1.39. The number of amides is 1. The van der Waals surface area contributed by atoms with Crippen LogP contribution in [0, 0.1) is 0 Å². The number of anilines is 1. The summed E-state index contributed by atoms with van der Waals surface area (Å²) >= 11 is 0. The second-order valence-electron chi connectivity index (χ2n) is 5.26. The Morgan fingerprint density at radius 1 is 1.42 bits per heavy atom. The number of hydrogen-bond acceptors (Lipinski definition) is 3. The van der Waals surface area contributed by atoms with Crippen molar-refractivity contribution in [1.82, 2.24) is 5.32 Å². The Morgan fingerprint density at radius 2 is 2.21 bits per heavy atom. The fourth-order valence-corrected chi connectivity index (χ4v) is 1.75. The predicted octanol–water partition coefficient (Wildman–Crippen LogP) is 2.30. The van der Waals surface area contributed by atoms with Crippen LogP contribution < -0.4 is 10.6 Å². The Labute approximate surface area is 114 Å². The average Bonchev–Trinajstić information content (AvgIpc) is 3.18. The highest BCUT2D eigenvalue weighted by molar-refractivity contribution is 5.91. The van der Waals surface area contributed by atoms with Crippen LogP contribution >= 0.6 is 0 Å². The molecule has 1 aromatic rings. The fourth-order valence-electron chi connectivity index (χ4n) is 1.75. The van der Waals surface area contributed by atoms with Crippen LogP contribution in [0.3, 0.4) is 0 Å². The van der Waals surface area contributed by atoms with Crippen molar-refractivity contribution >= 4 is 11.6 Å². The first-order valence-electron chi connectivity index (χ1n) is 6.87. The molecule has 0 saturated heterocycles. The lowest BCUT2D eigenvalue weighted by Gasteiger charge is -2.10. The molecule has 4 nitrogen and oxygen atoms in total. The zero-order valence-corrected chi connectivity index (χ0v) is 11.6. The average molecular weight is 262 g/mol. The number of carbonyl (C=O) groups is 1. The normalized spacial score (nSPS) is 14.7. The summed E-state index contributed by atoms with van der Waals surface area (Å²) in [4.78, 5) is 11.7. The van der Waals surface area contributed by atoms with Crippen LogP contribution in [0.2, 0.25) is 0 Å². The molecule has 0 heterocycles. The Kier molecular flexibility index (Phi) is 4.93. The minimum atomic E-state index is -0.110. The molecular formula is C15H22N2O2. The number of ether oxygens (including phenoxy) is 1. The van der Waals surface area contributed by atoms with Crippen molar-refractivity contribution in [3.63, 3.8) is 0 Å². The van der Waals surface area contributed by atoms with Gasteiger partial charge in [0.1, 0.15) is 6.61 Å². The Balaban J connectivity index is 1.81. The second-order valence-corrected chi connectivity index (χ2v) is 5.26. The zero-order valence-electron chi connectivity index (χ0n) is 11.6. The third-order valence-electron chi connectivity index (χ3n) is 2.93. The molecule has 1 aromatic carbocycles. The molecule has 0 radical (unpaired) electrons. The first kappa shape index (κ1) is 14.0. The maximum absolute atomic E-state index is 11.7. The van der Waals surface area contributed by atoms with E-state index < -0.39 is 0 Å². The van der Waals surface area contributed by atoms with E-state index in [2.05, 4.69) is 16.7 Å². The first-order valence-corrected chi connectivity index (χ1v) is 6.87. The summed E-state index contributed by atoms with van der Waals surface area (Å²) < 4.78 is 5.27. The largest absolute Gasteiger partial charge is 0.369 e. The van der Waals surface area contributed by atoms with Crippen molar-refractivity contribution in [2.75, 3.05) is 11.9 Å². The molecule has 2 rings (SSSR count). The zero-order chi connectivity index (χ0) is 13.7. The number of carbonyl (C=O) groups excluding carboxylic acids is 1. The van der Waals surface area contributed by atoms with Crippen molar-refractivity contribution in [1.29, 1.82) is 0 Å². The van der Waals surface area contributed by atoms with Crippen molar-refractivity contribution in [2.45, 2.75) is 45.4 Å². The van der Waals surface area contributed by atoms with Gasteiger partial charge in [0.15, 0.2) is 0 Å². The summed E-state index contributed by atoms with van der Waals surface area (Å²) in [6.45, 7) is 4.79. The molecule has 1 aliphatic carbocycles. The molecule has 1 amide bonds. The number of hydrogen-bond donors (Lipinski definition) is 2. The van der Waals surface area contributed by atoms with E-state index in [0.717, 1.165) is 12.2 Å². The summed E-state index contributed by atoms with van der Waals surface area (Å²) in [5.41, 5.74) is 2.02. The summed E-state index contributed by atoms with van der Waals surface area (Å²) in [7, 11) is 0. The van der Waals surface area contributed by atoms with E-state index in [1.807, 2.05) is 32.0 Å². The van der Waals surface area contributed by atoms with Crippen LogP contribution in [0.25, 0.3) is 0 Å². The number of benzene rings is 1. The molecular weight excluding hydrogens is 240 g/mol. The predicted molar refractivity (Wildman–Crippen MR) is 76.0 cm³/mol. The van der Waals surface area contributed by atoms with Crippen LogP contribution in [0.4, 0.5) is 5.69 Å². The Morgan fingerprint density at radius 3 is 2.89 bits per heavy atom. The van der Waals surface area contributed by atoms with E-state index in [-0.39, 0.29) is 18.6 Å². The van der Waals surface area contributed by atoms with Gasteiger partial charge in [0.25, 0.3) is 0 Å². The Bertz CT molecular complexity index is 428. The van der Waals surface area contributed by atoms with Crippen molar-refractivity contribution in [2.24, 2.45) is 0 Å². The second kappa shape index (κ2) is 6.68. The minimum Gasteiger partial charge on any atom is -0.369 e. The highest BCUT2D eigenvalue weighted by Crippen LogP contribution is 2.19. The summed E-state index contributed by atoms with van der Waals surface area (Å²) in [5, 5.41) is 6.31. The van der Waals surface area contributed by atoms with E-state index in [1.165, 1.54) is 18.4 Å². The lowest BCUT2D eigenvalue weighted by Crippen LogP contribution is -2.21. The topological polar surface area (TPSA) is 50.4 Å². The van der Waals surface area contributed by atoms with E-state index >= 15 is 0 Å². The molecule has 1 saturated carbocycles. The summed E-state index contributed by atoms with van der Waals surface area (Å²) in [6, 6.07) is 8.62. The van der Waals surface area contributed by atoms with Gasteiger partial charge in [0.05, 0.1) is 6.10 Å². The molecule has 2 N–H and O–H groups in total. The smallest absolute Gasteiger partial charge is 0.250 e. The fraction of sp³-hybridized carbons (Fsp3) is 0.533. The number of nitrogens with one attached hydrogen (secondary N) is 2. The highest BCUT2D eigenvalue weighted by Gasteiger charge is 2.19. The third kappa shape index (κ3) is 5.41. The molecule has 0 spiro atoms. The van der Waals surface area contributed by atoms with Gasteiger partial charge in [0.2, 0.25) is 5.91 Å². The van der Waals surface area contributed by atoms with Gasteiger partial charge in [-0.05, 0) is 44.4 Å². The molecule has 0 aromatic heterocycles. The van der Waals surface area contributed by atoms with Gasteiger partial charge in [-0.1, -0.05) is 12.1 Å². The van der Waals surface area contributed by atoms with Crippen LogP contribution in [0.5, 0.6) is 0 Å². The molecule has 1 fully saturated rings. The molecule has 0 aliphatic heterocycles. The van der Waals surface area contributed by atoms with Crippen LogP contribution in [-0.4, -0.2) is 24.7 Å². The summed E-state index contributed by atoms with van der Waals surface area (Å²) in [6.07, 6.45) is 2.63. The van der Waals surface area contributed by atoms with E-state index in [4.69, 9.17) is 4.74 Å². The molecule has 0 unspecified atom stereocenters. The van der Waals surface area contributed by atoms with Crippen LogP contribution in [-0.2, 0) is 16.1 Å². The van der Waals surface area contributed by atoms with Crippen molar-refractivity contribution < 1.29 is 9.53 Å². The van der Waals surface area contributed by atoms with Gasteiger partial charge in [-0.2, -0.15) is 0 Å². The number of rotatable bonds is 7. The molecule has 0 atom stereocenters. The van der Waals surface area contributed by atoms with Gasteiger partial charge in [-0.25, -0.2) is 0 Å². The minimum absolute atomic E-state index is 0.0693. The van der Waals surface area contributed by atoms with E-state index in [1.54, 1.807) is 0 Å². The standard InChI is InChI=1S/C15H22N2O2/c1-11(2)19-10-15(18)17-14-5-3-4-12(8-14)9-16-13-6-7-13/h3-5,8,11,13,16H,6-7,9-10H2,1-2H3,(H,17,18). The monoisotopic (exact) mass is 262 g/mol. The molecule has 0 bridgehead atoms. The van der Waals surface area contributed by atoms with Crippen molar-refractivity contribution in [3.05, 3.63) is 29.8 Å². The van der Waals surface area contributed by atoms with Gasteiger partial charge in [0, 0.05) is 18.3 Å². The molecule has 4 heteroatoms. The molecule has 19 heavy (non-hydrogen) atoms.